The Morgan fingerprint density at radius 2 is 1.67 bits per heavy atom. The maximum absolute atomic E-state index is 12.1. The van der Waals surface area contributed by atoms with E-state index < -0.39 is 10.0 Å². The molecule has 7 nitrogen and oxygen atoms in total. The van der Waals surface area contributed by atoms with Crippen LogP contribution in [0.15, 0.2) is 53.6 Å². The summed E-state index contributed by atoms with van der Waals surface area (Å²) >= 11 is 0. The highest BCUT2D eigenvalue weighted by Crippen LogP contribution is 2.16. The lowest BCUT2D eigenvalue weighted by molar-refractivity contribution is 0.234. The molecule has 1 heterocycles. The van der Waals surface area contributed by atoms with Gasteiger partial charge in [0.2, 0.25) is 10.0 Å². The van der Waals surface area contributed by atoms with Crippen molar-refractivity contribution in [3.05, 3.63) is 59.9 Å². The summed E-state index contributed by atoms with van der Waals surface area (Å²) in [5, 5.41) is 10.7. The van der Waals surface area contributed by atoms with E-state index >= 15 is 0 Å². The van der Waals surface area contributed by atoms with Gasteiger partial charge in [0.05, 0.1) is 22.7 Å². The molecule has 128 valence electrons. The van der Waals surface area contributed by atoms with Gasteiger partial charge in [0.1, 0.15) is 0 Å². The first-order valence-electron chi connectivity index (χ1n) is 7.38. The summed E-state index contributed by atoms with van der Waals surface area (Å²) in [6, 6.07) is 10.7. The molecule has 8 heteroatoms. The van der Waals surface area contributed by atoms with Gasteiger partial charge in [0.25, 0.3) is 0 Å². The Morgan fingerprint density at radius 1 is 1.04 bits per heavy atom. The fourth-order valence-corrected chi connectivity index (χ4v) is 2.69. The van der Waals surface area contributed by atoms with Gasteiger partial charge in [-0.15, -0.1) is 0 Å². The molecular formula is C16H20N4O3S. The van der Waals surface area contributed by atoms with E-state index in [-0.39, 0.29) is 23.0 Å². The molecular weight excluding hydrogens is 328 g/mol. The van der Waals surface area contributed by atoms with E-state index in [2.05, 4.69) is 15.6 Å². The van der Waals surface area contributed by atoms with Gasteiger partial charge in [0, 0.05) is 6.20 Å². The second-order valence-electron chi connectivity index (χ2n) is 5.43. The normalized spacial score (nSPS) is 13.8. The number of pyridine rings is 1. The zero-order chi connectivity index (χ0) is 17.7. The number of rotatable bonds is 5. The summed E-state index contributed by atoms with van der Waals surface area (Å²) < 4.78 is 22.5. The number of primary sulfonamides is 1. The van der Waals surface area contributed by atoms with Gasteiger partial charge in [-0.2, -0.15) is 0 Å². The molecule has 1 aromatic heterocycles. The fourth-order valence-electron chi connectivity index (χ4n) is 2.17. The van der Waals surface area contributed by atoms with Crippen LogP contribution >= 0.6 is 0 Å². The molecule has 0 radical (unpaired) electrons. The lowest BCUT2D eigenvalue weighted by Gasteiger charge is -2.18. The van der Waals surface area contributed by atoms with Gasteiger partial charge in [0.15, 0.2) is 0 Å². The number of sulfonamides is 1. The maximum Gasteiger partial charge on any atom is 0.315 e. The molecule has 0 bridgehead atoms. The molecule has 2 amide bonds. The minimum absolute atomic E-state index is 0.0340. The molecule has 4 N–H and O–H groups in total. The van der Waals surface area contributed by atoms with Gasteiger partial charge in [-0.3, -0.25) is 4.98 Å². The van der Waals surface area contributed by atoms with Crippen molar-refractivity contribution in [3.63, 3.8) is 0 Å². The number of benzene rings is 1. The van der Waals surface area contributed by atoms with Crippen LogP contribution in [0.3, 0.4) is 0 Å². The number of hydrogen-bond acceptors (Lipinski definition) is 4. The van der Waals surface area contributed by atoms with Crippen LogP contribution in [0.5, 0.6) is 0 Å². The molecule has 2 aromatic rings. The molecule has 2 rings (SSSR count). The average Bonchev–Trinajstić information content (AvgIpc) is 2.54. The molecule has 0 fully saturated rings. The Morgan fingerprint density at radius 3 is 2.21 bits per heavy atom. The second kappa shape index (κ2) is 7.41. The van der Waals surface area contributed by atoms with Crippen LogP contribution in [-0.4, -0.2) is 19.4 Å². The zero-order valence-electron chi connectivity index (χ0n) is 13.4. The zero-order valence-corrected chi connectivity index (χ0v) is 14.2. The van der Waals surface area contributed by atoms with Gasteiger partial charge >= 0.3 is 6.03 Å². The van der Waals surface area contributed by atoms with E-state index in [1.807, 2.05) is 25.1 Å². The topological polar surface area (TPSA) is 114 Å². The summed E-state index contributed by atoms with van der Waals surface area (Å²) in [5.41, 5.74) is 1.53. The third-order valence-corrected chi connectivity index (χ3v) is 4.46. The quantitative estimate of drug-likeness (QED) is 0.765. The molecule has 0 saturated heterocycles. The van der Waals surface area contributed by atoms with Crippen LogP contribution in [0.1, 0.15) is 37.2 Å². The van der Waals surface area contributed by atoms with Crippen molar-refractivity contribution in [3.8, 4) is 0 Å². The van der Waals surface area contributed by atoms with E-state index in [9.17, 15) is 13.2 Å². The summed E-state index contributed by atoms with van der Waals surface area (Å²) in [6.07, 6.45) is 1.67. The van der Waals surface area contributed by atoms with Gasteiger partial charge in [-0.25, -0.2) is 18.4 Å². The molecule has 0 aliphatic carbocycles. The summed E-state index contributed by atoms with van der Waals surface area (Å²) in [7, 11) is -3.72. The first-order chi connectivity index (χ1) is 11.3. The van der Waals surface area contributed by atoms with Crippen LogP contribution in [0, 0.1) is 0 Å². The predicted octanol–water partition coefficient (Wildman–Crippen LogP) is 1.85. The molecule has 2 atom stereocenters. The maximum atomic E-state index is 12.1. The van der Waals surface area contributed by atoms with Crippen molar-refractivity contribution < 1.29 is 13.2 Å². The molecule has 24 heavy (non-hydrogen) atoms. The van der Waals surface area contributed by atoms with Crippen LogP contribution < -0.4 is 15.8 Å². The number of nitrogens with one attached hydrogen (secondary N) is 2. The highest BCUT2D eigenvalue weighted by Gasteiger charge is 2.14. The Bertz CT molecular complexity index is 792. The number of amides is 2. The lowest BCUT2D eigenvalue weighted by Crippen LogP contribution is -2.38. The number of nitrogens with zero attached hydrogens (tertiary/aromatic N) is 1. The molecule has 0 aliphatic heterocycles. The molecule has 0 aliphatic rings. The second-order valence-corrected chi connectivity index (χ2v) is 6.99. The minimum atomic E-state index is -3.72. The fraction of sp³-hybridized carbons (Fsp3) is 0.250. The van der Waals surface area contributed by atoms with Crippen molar-refractivity contribution in [1.29, 1.82) is 0 Å². The number of hydrogen-bond donors (Lipinski definition) is 3. The van der Waals surface area contributed by atoms with Crippen molar-refractivity contribution in [1.82, 2.24) is 15.6 Å². The molecule has 0 unspecified atom stereocenters. The molecule has 0 spiro atoms. The largest absolute Gasteiger partial charge is 0.332 e. The predicted molar refractivity (Wildman–Crippen MR) is 90.5 cm³/mol. The van der Waals surface area contributed by atoms with Crippen LogP contribution in [0.25, 0.3) is 0 Å². The third kappa shape index (κ3) is 4.77. The Hall–Kier alpha value is -2.45. The van der Waals surface area contributed by atoms with Crippen LogP contribution in [0.4, 0.5) is 4.79 Å². The van der Waals surface area contributed by atoms with E-state index in [0.717, 1.165) is 11.3 Å². The minimum Gasteiger partial charge on any atom is -0.332 e. The van der Waals surface area contributed by atoms with Crippen LogP contribution in [-0.2, 0) is 10.0 Å². The highest BCUT2D eigenvalue weighted by atomic mass is 32.2. The molecule has 0 saturated carbocycles. The van der Waals surface area contributed by atoms with E-state index in [0.29, 0.717) is 0 Å². The van der Waals surface area contributed by atoms with Crippen molar-refractivity contribution in [2.24, 2.45) is 5.14 Å². The van der Waals surface area contributed by atoms with Gasteiger partial charge in [-0.05, 0) is 43.7 Å². The Kier molecular flexibility index (Phi) is 5.53. The average molecular weight is 348 g/mol. The number of carbonyl (C=O) groups excluding carboxylic acids is 1. The van der Waals surface area contributed by atoms with E-state index in [1.165, 1.54) is 12.1 Å². The number of urea groups is 1. The first kappa shape index (κ1) is 17.9. The van der Waals surface area contributed by atoms with Crippen molar-refractivity contribution in [2.45, 2.75) is 30.8 Å². The standard InChI is InChI=1S/C16H20N4O3S/c1-11(13-6-8-14(9-7-13)24(17,22)23)19-16(21)20-12(2)15-5-3-4-10-18-15/h3-12H,1-2H3,(H2,17,22,23)(H2,19,20,21)/t11-,12+/m1/s1. The summed E-state index contributed by atoms with van der Waals surface area (Å²) in [4.78, 5) is 16.3. The summed E-state index contributed by atoms with van der Waals surface area (Å²) in [6.45, 7) is 3.64. The monoisotopic (exact) mass is 348 g/mol. The number of aromatic nitrogens is 1. The molecule has 1 aromatic carbocycles. The SMILES string of the molecule is C[C@H](NC(=O)N[C@H](C)c1ccc(S(N)(=O)=O)cc1)c1ccccn1. The first-order valence-corrected chi connectivity index (χ1v) is 8.92. The number of nitrogens with two attached hydrogens (primary N) is 1. The van der Waals surface area contributed by atoms with Gasteiger partial charge in [-0.1, -0.05) is 18.2 Å². The summed E-state index contributed by atoms with van der Waals surface area (Å²) in [5.74, 6) is 0. The Labute approximate surface area is 141 Å². The van der Waals surface area contributed by atoms with Crippen molar-refractivity contribution in [2.75, 3.05) is 0 Å². The highest BCUT2D eigenvalue weighted by molar-refractivity contribution is 7.89. The lowest BCUT2D eigenvalue weighted by atomic mass is 10.1. The smallest absolute Gasteiger partial charge is 0.315 e. The van der Waals surface area contributed by atoms with Crippen LogP contribution in [0.2, 0.25) is 0 Å². The van der Waals surface area contributed by atoms with Gasteiger partial charge < -0.3 is 10.6 Å². The third-order valence-electron chi connectivity index (χ3n) is 3.54. The number of carbonyl (C=O) groups is 1. The van der Waals surface area contributed by atoms with Crippen molar-refractivity contribution >= 4 is 16.1 Å². The Balaban J connectivity index is 1.96. The van der Waals surface area contributed by atoms with E-state index in [4.69, 9.17) is 5.14 Å². The van der Waals surface area contributed by atoms with E-state index in [1.54, 1.807) is 25.3 Å².